The smallest absolute Gasteiger partial charge is 0.334 e. The number of nitrogens with one attached hydrogen (secondary N) is 1. The van der Waals surface area contributed by atoms with Gasteiger partial charge in [-0.15, -0.1) is 11.3 Å². The number of anilines is 1. The number of rotatable bonds is 6. The van der Waals surface area contributed by atoms with E-state index in [1.165, 1.54) is 4.88 Å². The second kappa shape index (κ2) is 7.10. The van der Waals surface area contributed by atoms with Crippen molar-refractivity contribution in [2.24, 2.45) is 0 Å². The highest BCUT2D eigenvalue weighted by Crippen LogP contribution is 2.28. The Balaban J connectivity index is 2.22. The van der Waals surface area contributed by atoms with E-state index in [4.69, 9.17) is 4.74 Å². The number of hydrogen-bond acceptors (Lipinski definition) is 4. The van der Waals surface area contributed by atoms with Crippen molar-refractivity contribution in [1.29, 1.82) is 0 Å². The molecule has 20 heavy (non-hydrogen) atoms. The van der Waals surface area contributed by atoms with E-state index in [1.54, 1.807) is 11.3 Å². The Morgan fingerprint density at radius 2 is 1.95 bits per heavy atom. The largest absolute Gasteiger partial charge is 0.464 e. The third-order valence-electron chi connectivity index (χ3n) is 2.92. The summed E-state index contributed by atoms with van der Waals surface area (Å²) < 4.78 is 5.18. The molecule has 0 saturated carbocycles. The molecule has 0 fully saturated rings. The van der Waals surface area contributed by atoms with Crippen LogP contribution >= 0.6 is 11.3 Å². The first-order valence-corrected chi connectivity index (χ1v) is 7.63. The zero-order valence-corrected chi connectivity index (χ0v) is 12.6. The molecule has 0 spiro atoms. The predicted octanol–water partition coefficient (Wildman–Crippen LogP) is 4.03. The van der Waals surface area contributed by atoms with Gasteiger partial charge in [-0.2, -0.15) is 0 Å². The summed E-state index contributed by atoms with van der Waals surface area (Å²) in [6, 6.07) is 13.3. The van der Waals surface area contributed by atoms with Crippen LogP contribution in [0.2, 0.25) is 0 Å². The lowest BCUT2D eigenvalue weighted by molar-refractivity contribution is -0.144. The van der Waals surface area contributed by atoms with Gasteiger partial charge in [0.1, 0.15) is 0 Å². The quantitative estimate of drug-likeness (QED) is 0.816. The molecule has 0 aliphatic heterocycles. The summed E-state index contributed by atoms with van der Waals surface area (Å²) in [7, 11) is 0. The Hall–Kier alpha value is -1.81. The zero-order valence-electron chi connectivity index (χ0n) is 11.8. The third kappa shape index (κ3) is 3.61. The number of carbonyl (C=O) groups is 1. The van der Waals surface area contributed by atoms with Gasteiger partial charge in [0.2, 0.25) is 0 Å². The lowest BCUT2D eigenvalue weighted by Gasteiger charge is -2.17. The van der Waals surface area contributed by atoms with Gasteiger partial charge in [-0.05, 0) is 37.6 Å². The first kappa shape index (κ1) is 14.6. The molecule has 0 aliphatic carbocycles. The molecule has 0 bridgehead atoms. The minimum absolute atomic E-state index is 0.235. The molecule has 2 aromatic rings. The SMILES string of the molecule is CCOC(=O)C(Nc1ccccc1)c1ccc(CC)s1. The third-order valence-corrected chi connectivity index (χ3v) is 4.22. The summed E-state index contributed by atoms with van der Waals surface area (Å²) in [4.78, 5) is 14.4. The first-order chi connectivity index (χ1) is 9.74. The lowest BCUT2D eigenvalue weighted by atomic mass is 10.2. The van der Waals surface area contributed by atoms with Gasteiger partial charge in [-0.25, -0.2) is 4.79 Å². The number of carbonyl (C=O) groups excluding carboxylic acids is 1. The minimum Gasteiger partial charge on any atom is -0.464 e. The Morgan fingerprint density at radius 3 is 2.55 bits per heavy atom. The number of hydrogen-bond donors (Lipinski definition) is 1. The molecule has 0 amide bonds. The van der Waals surface area contributed by atoms with Crippen LogP contribution in [-0.2, 0) is 16.0 Å². The number of esters is 1. The zero-order chi connectivity index (χ0) is 14.4. The van der Waals surface area contributed by atoms with Crippen molar-refractivity contribution in [2.75, 3.05) is 11.9 Å². The highest BCUT2D eigenvalue weighted by molar-refractivity contribution is 7.12. The lowest BCUT2D eigenvalue weighted by Crippen LogP contribution is -2.22. The van der Waals surface area contributed by atoms with Crippen LogP contribution in [0.1, 0.15) is 29.6 Å². The van der Waals surface area contributed by atoms with E-state index in [1.807, 2.05) is 43.3 Å². The summed E-state index contributed by atoms with van der Waals surface area (Å²) in [6.07, 6.45) is 0.978. The van der Waals surface area contributed by atoms with Gasteiger partial charge >= 0.3 is 5.97 Å². The molecule has 1 atom stereocenters. The number of thiophene rings is 1. The summed E-state index contributed by atoms with van der Waals surface area (Å²) in [5, 5.41) is 3.25. The molecule has 3 nitrogen and oxygen atoms in total. The molecule has 1 heterocycles. The van der Waals surface area contributed by atoms with Crippen LogP contribution in [0.5, 0.6) is 0 Å². The van der Waals surface area contributed by atoms with Crippen molar-refractivity contribution in [3.05, 3.63) is 52.2 Å². The van der Waals surface area contributed by atoms with E-state index >= 15 is 0 Å². The van der Waals surface area contributed by atoms with Crippen molar-refractivity contribution in [1.82, 2.24) is 0 Å². The Morgan fingerprint density at radius 1 is 1.20 bits per heavy atom. The van der Waals surface area contributed by atoms with Crippen molar-refractivity contribution >= 4 is 23.0 Å². The van der Waals surface area contributed by atoms with Crippen molar-refractivity contribution in [3.8, 4) is 0 Å². The van der Waals surface area contributed by atoms with E-state index in [0.29, 0.717) is 6.61 Å². The summed E-state index contributed by atoms with van der Waals surface area (Å²) in [5.74, 6) is -0.235. The maximum atomic E-state index is 12.2. The Bertz CT molecular complexity index is 551. The van der Waals surface area contributed by atoms with Gasteiger partial charge in [0.25, 0.3) is 0 Å². The summed E-state index contributed by atoms with van der Waals surface area (Å²) in [5.41, 5.74) is 0.914. The van der Waals surface area contributed by atoms with Crippen molar-refractivity contribution < 1.29 is 9.53 Å². The molecular weight excluding hydrogens is 270 g/mol. The summed E-state index contributed by atoms with van der Waals surface area (Å²) >= 11 is 1.65. The second-order valence-electron chi connectivity index (χ2n) is 4.35. The Labute approximate surface area is 123 Å². The van der Waals surface area contributed by atoms with Gasteiger partial charge in [0, 0.05) is 15.4 Å². The molecule has 106 valence electrons. The molecule has 0 aliphatic rings. The first-order valence-electron chi connectivity index (χ1n) is 6.81. The fourth-order valence-corrected chi connectivity index (χ4v) is 2.90. The fourth-order valence-electron chi connectivity index (χ4n) is 1.91. The number of aryl methyl sites for hydroxylation is 1. The van der Waals surface area contributed by atoms with Gasteiger partial charge < -0.3 is 10.1 Å². The van der Waals surface area contributed by atoms with Gasteiger partial charge in [-0.3, -0.25) is 0 Å². The molecule has 0 saturated heterocycles. The number of para-hydroxylation sites is 1. The van der Waals surface area contributed by atoms with Crippen LogP contribution in [0.25, 0.3) is 0 Å². The monoisotopic (exact) mass is 289 g/mol. The predicted molar refractivity (Wildman–Crippen MR) is 83.1 cm³/mol. The number of ether oxygens (including phenoxy) is 1. The highest BCUT2D eigenvalue weighted by atomic mass is 32.1. The number of benzene rings is 1. The molecule has 1 aromatic carbocycles. The summed E-state index contributed by atoms with van der Waals surface area (Å²) in [6.45, 7) is 4.32. The Kier molecular flexibility index (Phi) is 5.18. The van der Waals surface area contributed by atoms with E-state index in [2.05, 4.69) is 18.3 Å². The average Bonchev–Trinajstić information content (AvgIpc) is 2.94. The van der Waals surface area contributed by atoms with Crippen LogP contribution in [0.3, 0.4) is 0 Å². The van der Waals surface area contributed by atoms with E-state index in [0.717, 1.165) is 17.0 Å². The molecular formula is C16H19NO2S. The van der Waals surface area contributed by atoms with Gasteiger partial charge in [0.05, 0.1) is 6.61 Å². The van der Waals surface area contributed by atoms with E-state index in [9.17, 15) is 4.79 Å². The van der Waals surface area contributed by atoms with Crippen LogP contribution in [0, 0.1) is 0 Å². The second-order valence-corrected chi connectivity index (χ2v) is 5.55. The van der Waals surface area contributed by atoms with Crippen LogP contribution in [0.15, 0.2) is 42.5 Å². The van der Waals surface area contributed by atoms with Gasteiger partial charge in [-0.1, -0.05) is 25.1 Å². The maximum Gasteiger partial charge on any atom is 0.334 e. The van der Waals surface area contributed by atoms with Crippen molar-refractivity contribution in [3.63, 3.8) is 0 Å². The van der Waals surface area contributed by atoms with Crippen LogP contribution in [-0.4, -0.2) is 12.6 Å². The molecule has 0 radical (unpaired) electrons. The molecule has 1 aromatic heterocycles. The highest BCUT2D eigenvalue weighted by Gasteiger charge is 2.23. The maximum absolute atomic E-state index is 12.2. The van der Waals surface area contributed by atoms with Gasteiger partial charge in [0.15, 0.2) is 6.04 Å². The molecule has 2 rings (SSSR count). The minimum atomic E-state index is -0.442. The van der Waals surface area contributed by atoms with Crippen molar-refractivity contribution in [2.45, 2.75) is 26.3 Å². The molecule has 4 heteroatoms. The molecule has 1 unspecified atom stereocenters. The standard InChI is InChI=1S/C16H19NO2S/c1-3-13-10-11-14(20-13)15(16(18)19-4-2)17-12-8-6-5-7-9-12/h5-11,15,17H,3-4H2,1-2H3. The van der Waals surface area contributed by atoms with E-state index < -0.39 is 6.04 Å². The average molecular weight is 289 g/mol. The fraction of sp³-hybridized carbons (Fsp3) is 0.312. The van der Waals surface area contributed by atoms with E-state index in [-0.39, 0.29) is 5.97 Å². The topological polar surface area (TPSA) is 38.3 Å². The normalized spacial score (nSPS) is 11.9. The van der Waals surface area contributed by atoms with Crippen LogP contribution in [0.4, 0.5) is 5.69 Å². The molecule has 1 N–H and O–H groups in total. The van der Waals surface area contributed by atoms with Crippen LogP contribution < -0.4 is 5.32 Å².